The Bertz CT molecular complexity index is 636. The van der Waals surface area contributed by atoms with Gasteiger partial charge in [-0.25, -0.2) is 4.39 Å². The zero-order valence-corrected chi connectivity index (χ0v) is 12.2. The maximum atomic E-state index is 14.2. The van der Waals surface area contributed by atoms with Gasteiger partial charge in [-0.2, -0.15) is 0 Å². The molecule has 1 unspecified atom stereocenters. The summed E-state index contributed by atoms with van der Waals surface area (Å²) in [6.45, 7) is 0.447. The molecule has 1 atom stereocenters. The summed E-state index contributed by atoms with van der Waals surface area (Å²) in [6, 6.07) is 5.17. The van der Waals surface area contributed by atoms with Gasteiger partial charge >= 0.3 is 0 Å². The van der Waals surface area contributed by atoms with E-state index in [9.17, 15) is 9.50 Å². The molecule has 21 heavy (non-hydrogen) atoms. The van der Waals surface area contributed by atoms with E-state index in [4.69, 9.17) is 4.74 Å². The number of benzene rings is 1. The molecule has 2 aromatic rings. The zero-order chi connectivity index (χ0) is 14.8. The number of halogens is 1. The number of aliphatic hydroxyl groups excluding tert-OH is 1. The first-order valence-electron chi connectivity index (χ1n) is 7.37. The average Bonchev–Trinajstić information content (AvgIpc) is 2.81. The minimum absolute atomic E-state index is 0.265. The first-order valence-corrected chi connectivity index (χ1v) is 7.37. The summed E-state index contributed by atoms with van der Waals surface area (Å²) in [5.74, 6) is -0.0503. The van der Waals surface area contributed by atoms with Crippen molar-refractivity contribution in [3.05, 3.63) is 53.1 Å². The van der Waals surface area contributed by atoms with Gasteiger partial charge in [0.2, 0.25) is 0 Å². The molecule has 3 rings (SSSR count). The van der Waals surface area contributed by atoms with E-state index in [1.807, 2.05) is 17.0 Å². The van der Waals surface area contributed by atoms with Crippen LogP contribution < -0.4 is 4.74 Å². The zero-order valence-electron chi connectivity index (χ0n) is 12.2. The largest absolute Gasteiger partial charge is 0.494 e. The number of rotatable bonds is 3. The number of nitrogens with zero attached hydrogens (tertiary/aromatic N) is 1. The highest BCUT2D eigenvalue weighted by Gasteiger charge is 2.19. The van der Waals surface area contributed by atoms with E-state index in [-0.39, 0.29) is 17.7 Å². The highest BCUT2D eigenvalue weighted by molar-refractivity contribution is 5.33. The van der Waals surface area contributed by atoms with Crippen molar-refractivity contribution in [1.82, 2.24) is 4.57 Å². The second-order valence-corrected chi connectivity index (χ2v) is 5.61. The normalized spacial score (nSPS) is 18.1. The summed E-state index contributed by atoms with van der Waals surface area (Å²) in [5, 5.41) is 10.2. The number of ether oxygens (including phenoxy) is 1. The minimum atomic E-state index is -0.390. The summed E-state index contributed by atoms with van der Waals surface area (Å²) in [5.41, 5.74) is 2.77. The molecule has 0 amide bonds. The third-order valence-electron chi connectivity index (χ3n) is 4.15. The number of hydrogen-bond donors (Lipinski definition) is 1. The van der Waals surface area contributed by atoms with Gasteiger partial charge in [-0.3, -0.25) is 0 Å². The van der Waals surface area contributed by atoms with Crippen LogP contribution in [-0.4, -0.2) is 16.8 Å². The Hall–Kier alpha value is -1.81. The molecular weight excluding hydrogens is 269 g/mol. The van der Waals surface area contributed by atoms with Gasteiger partial charge in [0.1, 0.15) is 0 Å². The monoisotopic (exact) mass is 289 g/mol. The standard InChI is InChI=1S/C17H20FNO2/c1-21-16-8-4-6-13(17(16)18)10-19-9-12-5-2-3-7-15(20)14(12)11-19/h4,6,8-9,11,15,20H,2-3,5,7,10H2,1H3. The van der Waals surface area contributed by atoms with Crippen LogP contribution in [0.2, 0.25) is 0 Å². The van der Waals surface area contributed by atoms with Gasteiger partial charge in [0.15, 0.2) is 11.6 Å². The molecule has 1 heterocycles. The van der Waals surface area contributed by atoms with Gasteiger partial charge in [-0.15, -0.1) is 0 Å². The fourth-order valence-corrected chi connectivity index (χ4v) is 3.02. The van der Waals surface area contributed by atoms with E-state index in [0.717, 1.165) is 31.2 Å². The fourth-order valence-electron chi connectivity index (χ4n) is 3.02. The summed E-state index contributed by atoms with van der Waals surface area (Å²) in [7, 11) is 1.47. The third kappa shape index (κ3) is 2.81. The van der Waals surface area contributed by atoms with Crippen LogP contribution in [0, 0.1) is 5.82 Å². The highest BCUT2D eigenvalue weighted by atomic mass is 19.1. The summed E-state index contributed by atoms with van der Waals surface area (Å²) in [4.78, 5) is 0. The molecule has 1 aromatic carbocycles. The Morgan fingerprint density at radius 3 is 3.00 bits per heavy atom. The maximum Gasteiger partial charge on any atom is 0.170 e. The average molecular weight is 289 g/mol. The molecule has 0 aliphatic heterocycles. The van der Waals surface area contributed by atoms with Crippen molar-refractivity contribution in [2.75, 3.05) is 7.11 Å². The molecule has 4 heteroatoms. The van der Waals surface area contributed by atoms with Crippen LogP contribution in [0.1, 0.15) is 42.1 Å². The van der Waals surface area contributed by atoms with E-state index < -0.39 is 0 Å². The Morgan fingerprint density at radius 2 is 2.19 bits per heavy atom. The lowest BCUT2D eigenvalue weighted by Crippen LogP contribution is -2.02. The topological polar surface area (TPSA) is 34.4 Å². The van der Waals surface area contributed by atoms with Crippen molar-refractivity contribution < 1.29 is 14.2 Å². The lowest BCUT2D eigenvalue weighted by atomic mass is 10.1. The maximum absolute atomic E-state index is 14.2. The van der Waals surface area contributed by atoms with Crippen LogP contribution in [0.15, 0.2) is 30.6 Å². The molecule has 0 bridgehead atoms. The molecule has 112 valence electrons. The first-order chi connectivity index (χ1) is 10.2. The van der Waals surface area contributed by atoms with Gasteiger partial charge in [0.05, 0.1) is 19.8 Å². The SMILES string of the molecule is COc1cccc(Cn2cc3c(c2)C(O)CCCC3)c1F. The smallest absolute Gasteiger partial charge is 0.170 e. The van der Waals surface area contributed by atoms with Crippen LogP contribution in [0.5, 0.6) is 5.75 Å². The molecule has 0 saturated heterocycles. The van der Waals surface area contributed by atoms with E-state index in [0.29, 0.717) is 12.1 Å². The molecule has 1 aliphatic carbocycles. The Morgan fingerprint density at radius 1 is 1.33 bits per heavy atom. The van der Waals surface area contributed by atoms with Gasteiger partial charge in [0, 0.05) is 23.5 Å². The second kappa shape index (κ2) is 5.90. The van der Waals surface area contributed by atoms with Crippen molar-refractivity contribution in [3.63, 3.8) is 0 Å². The van der Waals surface area contributed by atoms with Gasteiger partial charge in [-0.1, -0.05) is 18.6 Å². The van der Waals surface area contributed by atoms with Crippen molar-refractivity contribution in [3.8, 4) is 5.75 Å². The predicted molar refractivity (Wildman–Crippen MR) is 79.0 cm³/mol. The number of aryl methyl sites for hydroxylation is 1. The second-order valence-electron chi connectivity index (χ2n) is 5.61. The van der Waals surface area contributed by atoms with Crippen LogP contribution in [0.3, 0.4) is 0 Å². The number of methoxy groups -OCH3 is 1. The fraction of sp³-hybridized carbons (Fsp3) is 0.412. The van der Waals surface area contributed by atoms with Crippen molar-refractivity contribution in [1.29, 1.82) is 0 Å². The summed E-state index contributed by atoms with van der Waals surface area (Å²) < 4.78 is 21.2. The molecule has 1 aliphatic rings. The number of aliphatic hydroxyl groups is 1. The Labute approximate surface area is 124 Å². The molecular formula is C17H20FNO2. The van der Waals surface area contributed by atoms with Gasteiger partial charge in [-0.05, 0) is 30.9 Å². The summed E-state index contributed by atoms with van der Waals surface area (Å²) >= 11 is 0. The molecule has 0 spiro atoms. The Balaban J connectivity index is 1.88. The van der Waals surface area contributed by atoms with Gasteiger partial charge in [0.25, 0.3) is 0 Å². The van der Waals surface area contributed by atoms with Crippen LogP contribution in [-0.2, 0) is 13.0 Å². The third-order valence-corrected chi connectivity index (χ3v) is 4.15. The lowest BCUT2D eigenvalue weighted by Gasteiger charge is -2.09. The van der Waals surface area contributed by atoms with E-state index in [1.165, 1.54) is 12.7 Å². The highest BCUT2D eigenvalue weighted by Crippen LogP contribution is 2.30. The quantitative estimate of drug-likeness (QED) is 0.878. The van der Waals surface area contributed by atoms with E-state index in [2.05, 4.69) is 0 Å². The van der Waals surface area contributed by atoms with Crippen LogP contribution in [0.4, 0.5) is 4.39 Å². The lowest BCUT2D eigenvalue weighted by molar-refractivity contribution is 0.166. The van der Waals surface area contributed by atoms with E-state index >= 15 is 0 Å². The molecule has 1 aromatic heterocycles. The molecule has 0 radical (unpaired) electrons. The first kappa shape index (κ1) is 14.1. The number of fused-ring (bicyclic) bond motifs is 1. The van der Waals surface area contributed by atoms with Gasteiger partial charge < -0.3 is 14.4 Å². The minimum Gasteiger partial charge on any atom is -0.494 e. The summed E-state index contributed by atoms with van der Waals surface area (Å²) in [6.07, 6.45) is 7.54. The molecule has 3 nitrogen and oxygen atoms in total. The van der Waals surface area contributed by atoms with Crippen LogP contribution >= 0.6 is 0 Å². The van der Waals surface area contributed by atoms with Crippen molar-refractivity contribution in [2.24, 2.45) is 0 Å². The number of aromatic nitrogens is 1. The molecule has 0 fully saturated rings. The van der Waals surface area contributed by atoms with Crippen LogP contribution in [0.25, 0.3) is 0 Å². The van der Waals surface area contributed by atoms with Crippen molar-refractivity contribution >= 4 is 0 Å². The number of hydrogen-bond acceptors (Lipinski definition) is 2. The van der Waals surface area contributed by atoms with E-state index in [1.54, 1.807) is 18.2 Å². The van der Waals surface area contributed by atoms with Crippen molar-refractivity contribution in [2.45, 2.75) is 38.3 Å². The molecule has 1 N–H and O–H groups in total. The Kier molecular flexibility index (Phi) is 3.97. The molecule has 0 saturated carbocycles. The predicted octanol–water partition coefficient (Wildman–Crippen LogP) is 3.44.